The second kappa shape index (κ2) is 10.4. The maximum absolute atomic E-state index is 12.6. The molecule has 31 heavy (non-hydrogen) atoms. The highest BCUT2D eigenvalue weighted by Crippen LogP contribution is 2.16. The number of rotatable bonds is 3. The Hall–Kier alpha value is -2.23. The molecule has 0 aromatic heterocycles. The fraction of sp³-hybridized carbons (Fsp3) is 0.857. The van der Waals surface area contributed by atoms with Gasteiger partial charge in [0.2, 0.25) is 0 Å². The van der Waals surface area contributed by atoms with Crippen LogP contribution >= 0.6 is 0 Å². The minimum Gasteiger partial charge on any atom is -0.444 e. The van der Waals surface area contributed by atoms with Crippen molar-refractivity contribution >= 4 is 18.3 Å². The molecule has 10 heteroatoms. The molecule has 2 saturated heterocycles. The zero-order chi connectivity index (χ0) is 23.2. The van der Waals surface area contributed by atoms with Crippen molar-refractivity contribution in [3.63, 3.8) is 0 Å². The third-order valence-corrected chi connectivity index (χ3v) is 4.71. The lowest BCUT2D eigenvalue weighted by atomic mass is 10.1. The van der Waals surface area contributed by atoms with Crippen LogP contribution in [0.5, 0.6) is 0 Å². The topological polar surface area (TPSA) is 109 Å². The first-order valence-corrected chi connectivity index (χ1v) is 11.0. The standard InChI is InChI=1S/C21H38N4O6/c1-20(2,3)29-17(26)22-15-9-7-11-24(13-15)19(28)31-25-12-8-10-16(14-25)23-18(27)30-21(4,5)6/h15-16H,7-14H2,1-6H3,(H,22,26)(H,23,27). The van der Waals surface area contributed by atoms with E-state index in [0.717, 1.165) is 25.7 Å². The van der Waals surface area contributed by atoms with Crippen molar-refractivity contribution in [3.8, 4) is 0 Å². The van der Waals surface area contributed by atoms with E-state index in [2.05, 4.69) is 10.6 Å². The highest BCUT2D eigenvalue weighted by molar-refractivity contribution is 5.70. The van der Waals surface area contributed by atoms with Gasteiger partial charge in [-0.05, 0) is 67.2 Å². The van der Waals surface area contributed by atoms with Crippen molar-refractivity contribution in [2.75, 3.05) is 26.2 Å². The number of hydroxylamine groups is 2. The number of hydrogen-bond donors (Lipinski definition) is 2. The van der Waals surface area contributed by atoms with Gasteiger partial charge < -0.3 is 29.8 Å². The molecule has 2 N–H and O–H groups in total. The minimum atomic E-state index is -0.574. The number of piperidine rings is 2. The van der Waals surface area contributed by atoms with Gasteiger partial charge >= 0.3 is 18.3 Å². The number of alkyl carbamates (subject to hydrolysis) is 2. The molecular weight excluding hydrogens is 404 g/mol. The fourth-order valence-electron chi connectivity index (χ4n) is 3.52. The van der Waals surface area contributed by atoms with Crippen LogP contribution in [0.25, 0.3) is 0 Å². The summed E-state index contributed by atoms with van der Waals surface area (Å²) >= 11 is 0. The Labute approximate surface area is 184 Å². The van der Waals surface area contributed by atoms with Crippen LogP contribution in [0, 0.1) is 0 Å². The molecule has 2 aliphatic rings. The van der Waals surface area contributed by atoms with E-state index in [9.17, 15) is 14.4 Å². The SMILES string of the molecule is CC(C)(C)OC(=O)NC1CCCN(OC(=O)N2CCCC(NC(=O)OC(C)(C)C)C2)C1. The number of carbonyl (C=O) groups is 3. The van der Waals surface area contributed by atoms with Crippen LogP contribution in [0.2, 0.25) is 0 Å². The quantitative estimate of drug-likeness (QED) is 0.691. The first kappa shape index (κ1) is 25.0. The summed E-state index contributed by atoms with van der Waals surface area (Å²) in [6, 6.07) is -0.335. The number of hydrogen-bond acceptors (Lipinski definition) is 7. The van der Waals surface area contributed by atoms with Crippen molar-refractivity contribution in [1.82, 2.24) is 20.6 Å². The van der Waals surface area contributed by atoms with E-state index >= 15 is 0 Å². The number of nitrogens with one attached hydrogen (secondary N) is 2. The molecule has 2 atom stereocenters. The minimum absolute atomic E-state index is 0.153. The van der Waals surface area contributed by atoms with Crippen LogP contribution in [-0.4, -0.2) is 77.7 Å². The van der Waals surface area contributed by atoms with Crippen molar-refractivity contribution in [3.05, 3.63) is 0 Å². The molecule has 178 valence electrons. The van der Waals surface area contributed by atoms with Crippen LogP contribution in [0.15, 0.2) is 0 Å². The van der Waals surface area contributed by atoms with Gasteiger partial charge in [-0.1, -0.05) is 0 Å². The Morgan fingerprint density at radius 2 is 1.26 bits per heavy atom. The van der Waals surface area contributed by atoms with Crippen LogP contribution < -0.4 is 10.6 Å². The average molecular weight is 443 g/mol. The van der Waals surface area contributed by atoms with Crippen molar-refractivity contribution in [2.24, 2.45) is 0 Å². The zero-order valence-electron chi connectivity index (χ0n) is 19.7. The second-order valence-corrected chi connectivity index (χ2v) is 10.2. The summed E-state index contributed by atoms with van der Waals surface area (Å²) in [6.45, 7) is 12.8. The molecular formula is C21H38N4O6. The van der Waals surface area contributed by atoms with Gasteiger partial charge in [0, 0.05) is 31.7 Å². The molecule has 2 fully saturated rings. The number of amides is 3. The second-order valence-electron chi connectivity index (χ2n) is 10.2. The maximum Gasteiger partial charge on any atom is 0.429 e. The zero-order valence-corrected chi connectivity index (χ0v) is 19.7. The van der Waals surface area contributed by atoms with Crippen molar-refractivity contribution in [2.45, 2.75) is 90.5 Å². The van der Waals surface area contributed by atoms with Crippen LogP contribution in [0.1, 0.15) is 67.2 Å². The molecule has 3 amide bonds. The Morgan fingerprint density at radius 3 is 1.77 bits per heavy atom. The first-order valence-electron chi connectivity index (χ1n) is 11.0. The van der Waals surface area contributed by atoms with Crippen molar-refractivity contribution in [1.29, 1.82) is 0 Å². The summed E-state index contributed by atoms with van der Waals surface area (Å²) in [6.07, 6.45) is 1.70. The normalized spacial score (nSPS) is 23.0. The largest absolute Gasteiger partial charge is 0.444 e. The van der Waals surface area contributed by atoms with E-state index in [1.54, 1.807) is 30.7 Å². The summed E-state index contributed by atoms with van der Waals surface area (Å²) in [5, 5.41) is 7.24. The Bertz CT molecular complexity index is 643. The predicted molar refractivity (Wildman–Crippen MR) is 114 cm³/mol. The fourth-order valence-corrected chi connectivity index (χ4v) is 3.52. The van der Waals surface area contributed by atoms with Crippen LogP contribution in [0.3, 0.4) is 0 Å². The highest BCUT2D eigenvalue weighted by atomic mass is 16.7. The summed E-state index contributed by atoms with van der Waals surface area (Å²) < 4.78 is 10.6. The number of likely N-dealkylation sites (tertiary alicyclic amines) is 1. The molecule has 2 unspecified atom stereocenters. The van der Waals surface area contributed by atoms with E-state index in [1.807, 2.05) is 20.8 Å². The van der Waals surface area contributed by atoms with Crippen LogP contribution in [-0.2, 0) is 14.3 Å². The van der Waals surface area contributed by atoms with Gasteiger partial charge in [-0.3, -0.25) is 0 Å². The van der Waals surface area contributed by atoms with Gasteiger partial charge in [-0.2, -0.15) is 0 Å². The van der Waals surface area contributed by atoms with E-state index < -0.39 is 29.5 Å². The lowest BCUT2D eigenvalue weighted by molar-refractivity contribution is -0.129. The molecule has 0 aromatic carbocycles. The monoisotopic (exact) mass is 442 g/mol. The number of nitrogens with zero attached hydrogens (tertiary/aromatic N) is 2. The van der Waals surface area contributed by atoms with Gasteiger partial charge in [0.1, 0.15) is 11.2 Å². The van der Waals surface area contributed by atoms with Gasteiger partial charge in [0.25, 0.3) is 0 Å². The van der Waals surface area contributed by atoms with Gasteiger partial charge in [0.05, 0.1) is 6.54 Å². The summed E-state index contributed by atoms with van der Waals surface area (Å²) in [7, 11) is 0. The molecule has 10 nitrogen and oxygen atoms in total. The van der Waals surface area contributed by atoms with E-state index in [4.69, 9.17) is 14.3 Å². The van der Waals surface area contributed by atoms with Gasteiger partial charge in [-0.25, -0.2) is 14.4 Å². The molecule has 0 aliphatic carbocycles. The highest BCUT2D eigenvalue weighted by Gasteiger charge is 2.31. The third kappa shape index (κ3) is 9.63. The van der Waals surface area contributed by atoms with Gasteiger partial charge in [-0.15, -0.1) is 5.06 Å². The molecule has 0 radical (unpaired) electrons. The Balaban J connectivity index is 1.79. The van der Waals surface area contributed by atoms with Gasteiger partial charge in [0.15, 0.2) is 0 Å². The maximum atomic E-state index is 12.6. The number of ether oxygens (including phenoxy) is 2. The molecule has 2 rings (SSSR count). The lowest BCUT2D eigenvalue weighted by Crippen LogP contribution is -2.53. The molecule has 0 bridgehead atoms. The first-order chi connectivity index (χ1) is 14.3. The summed E-state index contributed by atoms with van der Waals surface area (Å²) in [5.41, 5.74) is -1.14. The molecule has 2 aliphatic heterocycles. The van der Waals surface area contributed by atoms with Crippen molar-refractivity contribution < 1.29 is 28.7 Å². The number of carbonyl (C=O) groups excluding carboxylic acids is 3. The van der Waals surface area contributed by atoms with E-state index in [-0.39, 0.29) is 12.1 Å². The molecule has 0 spiro atoms. The Kier molecular flexibility index (Phi) is 8.39. The lowest BCUT2D eigenvalue weighted by Gasteiger charge is -2.36. The average Bonchev–Trinajstić information content (AvgIpc) is 2.58. The summed E-state index contributed by atoms with van der Waals surface area (Å²) in [5.74, 6) is 0. The predicted octanol–water partition coefficient (Wildman–Crippen LogP) is 3.02. The molecule has 0 saturated carbocycles. The van der Waals surface area contributed by atoms with Crippen LogP contribution in [0.4, 0.5) is 14.4 Å². The molecule has 0 aromatic rings. The smallest absolute Gasteiger partial charge is 0.429 e. The Morgan fingerprint density at radius 1 is 0.774 bits per heavy atom. The molecule has 2 heterocycles. The van der Waals surface area contributed by atoms with E-state index in [1.165, 1.54) is 0 Å². The third-order valence-electron chi connectivity index (χ3n) is 4.71. The van der Waals surface area contributed by atoms with E-state index in [0.29, 0.717) is 26.2 Å². The summed E-state index contributed by atoms with van der Waals surface area (Å²) in [4.78, 5) is 43.8.